The summed E-state index contributed by atoms with van der Waals surface area (Å²) < 4.78 is 16.9. The van der Waals surface area contributed by atoms with Crippen LogP contribution in [0.25, 0.3) is 0 Å². The fraction of sp³-hybridized carbons (Fsp3) is 0.500. The van der Waals surface area contributed by atoms with Crippen LogP contribution in [-0.2, 0) is 13.6 Å². The molecule has 0 saturated carbocycles. The number of aryl methyl sites for hydroxylation is 2. The lowest BCUT2D eigenvalue weighted by Crippen LogP contribution is -2.10. The summed E-state index contributed by atoms with van der Waals surface area (Å²) in [6.45, 7) is 6.31. The monoisotopic (exact) mass is 287 g/mol. The summed E-state index contributed by atoms with van der Waals surface area (Å²) in [4.78, 5) is 0. The van der Waals surface area contributed by atoms with Crippen molar-refractivity contribution in [1.29, 1.82) is 0 Å². The van der Waals surface area contributed by atoms with Gasteiger partial charge in [0, 0.05) is 31.3 Å². The Kier molecular flexibility index (Phi) is 4.94. The van der Waals surface area contributed by atoms with Crippen molar-refractivity contribution in [2.45, 2.75) is 33.4 Å². The molecule has 1 N–H and O–H groups in total. The van der Waals surface area contributed by atoms with Gasteiger partial charge in [0.05, 0.1) is 11.9 Å². The Morgan fingerprint density at radius 1 is 1.42 bits per heavy atom. The van der Waals surface area contributed by atoms with Gasteiger partial charge in [-0.05, 0) is 20.8 Å². The highest BCUT2D eigenvalue weighted by molar-refractivity contribution is 5.85. The molecule has 2 rings (SSSR count). The first-order valence-corrected chi connectivity index (χ1v) is 5.96. The number of halogens is 2. The van der Waals surface area contributed by atoms with Gasteiger partial charge >= 0.3 is 0 Å². The summed E-state index contributed by atoms with van der Waals surface area (Å²) in [7, 11) is 1.60. The molecule has 0 radical (unpaired) electrons. The molecule has 5 nitrogen and oxygen atoms in total. The standard InChI is InChI=1S/C12H18FN5.ClH/c1-8(2)18-11(5-6-15-18)14-7-10-9(3)16-17(4)12(10)13;/h5-6,8,14H,7H2,1-4H3;1H. The second-order valence-corrected chi connectivity index (χ2v) is 4.59. The van der Waals surface area contributed by atoms with Gasteiger partial charge in [-0.2, -0.15) is 14.6 Å². The number of nitrogens with one attached hydrogen (secondary N) is 1. The van der Waals surface area contributed by atoms with Crippen LogP contribution in [0.2, 0.25) is 0 Å². The lowest BCUT2D eigenvalue weighted by molar-refractivity contribution is 0.495. The van der Waals surface area contributed by atoms with E-state index in [0.717, 1.165) is 5.82 Å². The summed E-state index contributed by atoms with van der Waals surface area (Å²) in [5, 5.41) is 11.5. The fourth-order valence-corrected chi connectivity index (χ4v) is 1.92. The van der Waals surface area contributed by atoms with E-state index in [-0.39, 0.29) is 24.4 Å². The second kappa shape index (κ2) is 6.06. The van der Waals surface area contributed by atoms with E-state index in [4.69, 9.17) is 0 Å². The Hall–Kier alpha value is -1.56. The van der Waals surface area contributed by atoms with Crippen molar-refractivity contribution in [3.8, 4) is 0 Å². The van der Waals surface area contributed by atoms with Gasteiger partial charge in [0.1, 0.15) is 5.82 Å². The predicted molar refractivity (Wildman–Crippen MR) is 75.1 cm³/mol. The minimum Gasteiger partial charge on any atom is -0.366 e. The van der Waals surface area contributed by atoms with Crippen LogP contribution in [0.1, 0.15) is 31.1 Å². The van der Waals surface area contributed by atoms with E-state index in [0.29, 0.717) is 17.8 Å². The number of anilines is 1. The Morgan fingerprint density at radius 3 is 2.63 bits per heavy atom. The molecule has 106 valence electrons. The third-order valence-corrected chi connectivity index (χ3v) is 2.88. The van der Waals surface area contributed by atoms with Gasteiger partial charge in [-0.15, -0.1) is 12.4 Å². The number of aromatic nitrogens is 4. The van der Waals surface area contributed by atoms with Gasteiger partial charge in [0.15, 0.2) is 0 Å². The summed E-state index contributed by atoms with van der Waals surface area (Å²) in [5.41, 5.74) is 1.30. The molecule has 0 saturated heterocycles. The Labute approximate surface area is 118 Å². The highest BCUT2D eigenvalue weighted by Crippen LogP contribution is 2.16. The van der Waals surface area contributed by atoms with Crippen molar-refractivity contribution in [1.82, 2.24) is 19.6 Å². The molecule has 0 atom stereocenters. The molecule has 0 aliphatic rings. The van der Waals surface area contributed by atoms with Crippen molar-refractivity contribution in [2.24, 2.45) is 7.05 Å². The van der Waals surface area contributed by atoms with Crippen molar-refractivity contribution in [3.63, 3.8) is 0 Å². The van der Waals surface area contributed by atoms with E-state index in [1.165, 1.54) is 4.68 Å². The average molecular weight is 288 g/mol. The van der Waals surface area contributed by atoms with Gasteiger partial charge in [-0.25, -0.2) is 9.36 Å². The van der Waals surface area contributed by atoms with Crippen LogP contribution in [-0.4, -0.2) is 19.6 Å². The van der Waals surface area contributed by atoms with Crippen LogP contribution in [0.4, 0.5) is 10.2 Å². The second-order valence-electron chi connectivity index (χ2n) is 4.59. The Balaban J connectivity index is 0.00000180. The van der Waals surface area contributed by atoms with Crippen molar-refractivity contribution in [2.75, 3.05) is 5.32 Å². The molecule has 0 fully saturated rings. The third-order valence-electron chi connectivity index (χ3n) is 2.88. The van der Waals surface area contributed by atoms with Crippen molar-refractivity contribution >= 4 is 18.2 Å². The molecule has 0 aliphatic heterocycles. The summed E-state index contributed by atoms with van der Waals surface area (Å²) in [6.07, 6.45) is 1.73. The lowest BCUT2D eigenvalue weighted by atomic mass is 10.2. The fourth-order valence-electron chi connectivity index (χ4n) is 1.92. The molecule has 0 amide bonds. The molecule has 0 unspecified atom stereocenters. The van der Waals surface area contributed by atoms with E-state index >= 15 is 0 Å². The first kappa shape index (κ1) is 15.5. The van der Waals surface area contributed by atoms with Crippen LogP contribution in [0, 0.1) is 12.9 Å². The molecule has 0 bridgehead atoms. The number of rotatable bonds is 4. The molecule has 19 heavy (non-hydrogen) atoms. The minimum absolute atomic E-state index is 0. The highest BCUT2D eigenvalue weighted by atomic mass is 35.5. The Bertz CT molecular complexity index is 546. The van der Waals surface area contributed by atoms with Crippen molar-refractivity contribution in [3.05, 3.63) is 29.5 Å². The lowest BCUT2D eigenvalue weighted by Gasteiger charge is -2.12. The summed E-state index contributed by atoms with van der Waals surface area (Å²) in [6, 6.07) is 2.14. The largest absolute Gasteiger partial charge is 0.366 e. The van der Waals surface area contributed by atoms with E-state index in [1.54, 1.807) is 20.2 Å². The maximum atomic E-state index is 13.7. The first-order chi connectivity index (χ1) is 8.50. The minimum atomic E-state index is -0.296. The Morgan fingerprint density at radius 2 is 2.11 bits per heavy atom. The average Bonchev–Trinajstić information content (AvgIpc) is 2.84. The molecule has 2 heterocycles. The zero-order valence-corrected chi connectivity index (χ0v) is 12.3. The van der Waals surface area contributed by atoms with Crippen LogP contribution < -0.4 is 5.32 Å². The van der Waals surface area contributed by atoms with Gasteiger partial charge in [0.2, 0.25) is 5.95 Å². The normalized spacial score (nSPS) is 10.6. The van der Waals surface area contributed by atoms with Gasteiger partial charge in [-0.1, -0.05) is 0 Å². The quantitative estimate of drug-likeness (QED) is 0.940. The molecular formula is C12H19ClFN5. The zero-order chi connectivity index (χ0) is 13.3. The van der Waals surface area contributed by atoms with E-state index in [9.17, 15) is 4.39 Å². The van der Waals surface area contributed by atoms with Gasteiger partial charge < -0.3 is 5.32 Å². The van der Waals surface area contributed by atoms with Crippen LogP contribution >= 0.6 is 12.4 Å². The maximum Gasteiger partial charge on any atom is 0.216 e. The summed E-state index contributed by atoms with van der Waals surface area (Å²) in [5.74, 6) is 0.586. The molecule has 0 aromatic carbocycles. The highest BCUT2D eigenvalue weighted by Gasteiger charge is 2.13. The molecule has 0 aliphatic carbocycles. The van der Waals surface area contributed by atoms with Crippen LogP contribution in [0.3, 0.4) is 0 Å². The zero-order valence-electron chi connectivity index (χ0n) is 11.5. The molecule has 2 aromatic heterocycles. The third kappa shape index (κ3) is 3.07. The SMILES string of the molecule is Cc1nn(C)c(F)c1CNc1ccnn1C(C)C.Cl. The number of nitrogens with zero attached hydrogens (tertiary/aromatic N) is 4. The van der Waals surface area contributed by atoms with E-state index in [1.807, 2.05) is 24.6 Å². The van der Waals surface area contributed by atoms with Gasteiger partial charge in [0.25, 0.3) is 0 Å². The van der Waals surface area contributed by atoms with E-state index < -0.39 is 0 Å². The summed E-state index contributed by atoms with van der Waals surface area (Å²) >= 11 is 0. The van der Waals surface area contributed by atoms with E-state index in [2.05, 4.69) is 15.5 Å². The maximum absolute atomic E-state index is 13.7. The molecule has 0 spiro atoms. The predicted octanol–water partition coefficient (Wildman–Crippen LogP) is 2.68. The van der Waals surface area contributed by atoms with Crippen LogP contribution in [0.15, 0.2) is 12.3 Å². The molecule has 7 heteroatoms. The topological polar surface area (TPSA) is 47.7 Å². The smallest absolute Gasteiger partial charge is 0.216 e. The molecular weight excluding hydrogens is 269 g/mol. The van der Waals surface area contributed by atoms with Gasteiger partial charge in [-0.3, -0.25) is 0 Å². The van der Waals surface area contributed by atoms with Crippen LogP contribution in [0.5, 0.6) is 0 Å². The number of hydrogen-bond donors (Lipinski definition) is 1. The first-order valence-electron chi connectivity index (χ1n) is 5.96. The van der Waals surface area contributed by atoms with Crippen molar-refractivity contribution < 1.29 is 4.39 Å². The number of hydrogen-bond acceptors (Lipinski definition) is 3. The molecule has 2 aromatic rings.